The molecule has 0 bridgehead atoms. The number of anilines is 1. The third-order valence-electron chi connectivity index (χ3n) is 2.65. The molecule has 0 aromatic carbocycles. The van der Waals surface area contributed by atoms with Crippen molar-refractivity contribution in [3.05, 3.63) is 34.3 Å². The molecule has 0 spiro atoms. The number of carbonyl (C=O) groups is 2. The Morgan fingerprint density at radius 1 is 1.36 bits per heavy atom. The molecule has 1 amide bonds. The van der Waals surface area contributed by atoms with Crippen LogP contribution in [0.4, 0.5) is 5.88 Å². The number of esters is 1. The van der Waals surface area contributed by atoms with Crippen LogP contribution in [0.3, 0.4) is 0 Å². The van der Waals surface area contributed by atoms with Gasteiger partial charge in [0.1, 0.15) is 0 Å². The molecular formula is C14H15BrN2O5. The lowest BCUT2D eigenvalue weighted by Gasteiger charge is -2.12. The van der Waals surface area contributed by atoms with E-state index in [1.807, 2.05) is 20.8 Å². The van der Waals surface area contributed by atoms with Gasteiger partial charge in [0.25, 0.3) is 5.91 Å². The van der Waals surface area contributed by atoms with E-state index >= 15 is 0 Å². The molecule has 22 heavy (non-hydrogen) atoms. The molecule has 8 heteroatoms. The predicted molar refractivity (Wildman–Crippen MR) is 80.5 cm³/mol. The van der Waals surface area contributed by atoms with Crippen molar-refractivity contribution in [3.63, 3.8) is 0 Å². The van der Waals surface area contributed by atoms with Gasteiger partial charge in [-0.3, -0.25) is 10.1 Å². The highest BCUT2D eigenvalue weighted by molar-refractivity contribution is 9.10. The lowest BCUT2D eigenvalue weighted by molar-refractivity contribution is -0.119. The third kappa shape index (κ3) is 4.20. The van der Waals surface area contributed by atoms with E-state index in [1.165, 1.54) is 6.07 Å². The second-order valence-electron chi connectivity index (χ2n) is 5.55. The zero-order valence-electron chi connectivity index (χ0n) is 12.3. The highest BCUT2D eigenvalue weighted by Crippen LogP contribution is 2.23. The summed E-state index contributed by atoms with van der Waals surface area (Å²) in [4.78, 5) is 23.3. The van der Waals surface area contributed by atoms with Crippen LogP contribution >= 0.6 is 15.9 Å². The molecule has 0 radical (unpaired) electrons. The summed E-state index contributed by atoms with van der Waals surface area (Å²) in [6, 6.07) is 4.62. The summed E-state index contributed by atoms with van der Waals surface area (Å²) in [6.07, 6.45) is 0. The average molecular weight is 371 g/mol. The van der Waals surface area contributed by atoms with Crippen LogP contribution in [0, 0.1) is 0 Å². The Morgan fingerprint density at radius 3 is 2.64 bits per heavy atom. The largest absolute Gasteiger partial charge is 0.450 e. The Bertz CT molecular complexity index is 683. The van der Waals surface area contributed by atoms with E-state index in [9.17, 15) is 9.59 Å². The number of rotatable bonds is 4. The second kappa shape index (κ2) is 6.35. The first-order valence-corrected chi connectivity index (χ1v) is 7.24. The molecule has 2 rings (SSSR count). The van der Waals surface area contributed by atoms with Crippen LogP contribution in [-0.2, 0) is 14.9 Å². The SMILES string of the molecule is CC(C)(C)c1cc(NC(=O)COC(=O)c2ccc(Br)o2)on1. The number of halogens is 1. The van der Waals surface area contributed by atoms with Crippen LogP contribution in [0.1, 0.15) is 37.0 Å². The number of amides is 1. The Labute approximate surface area is 135 Å². The molecule has 0 aliphatic rings. The van der Waals surface area contributed by atoms with Gasteiger partial charge in [0.05, 0.1) is 5.69 Å². The van der Waals surface area contributed by atoms with Crippen LogP contribution in [-0.4, -0.2) is 23.6 Å². The summed E-state index contributed by atoms with van der Waals surface area (Å²) in [6.45, 7) is 5.46. The first-order chi connectivity index (χ1) is 10.3. The number of nitrogens with zero attached hydrogens (tertiary/aromatic N) is 1. The van der Waals surface area contributed by atoms with E-state index in [2.05, 4.69) is 26.4 Å². The van der Waals surface area contributed by atoms with Crippen molar-refractivity contribution < 1.29 is 23.3 Å². The van der Waals surface area contributed by atoms with E-state index < -0.39 is 18.5 Å². The van der Waals surface area contributed by atoms with Gasteiger partial charge in [0.15, 0.2) is 11.3 Å². The minimum absolute atomic E-state index is 0.00867. The molecule has 0 atom stereocenters. The Balaban J connectivity index is 1.85. The number of hydrogen-bond acceptors (Lipinski definition) is 6. The lowest BCUT2D eigenvalue weighted by Crippen LogP contribution is -2.20. The summed E-state index contributed by atoms with van der Waals surface area (Å²) in [5.74, 6) is -1.05. The third-order valence-corrected chi connectivity index (χ3v) is 3.08. The molecule has 2 aromatic heterocycles. The number of aromatic nitrogens is 1. The van der Waals surface area contributed by atoms with E-state index in [4.69, 9.17) is 13.7 Å². The molecule has 0 fully saturated rings. The average Bonchev–Trinajstić information content (AvgIpc) is 3.04. The first kappa shape index (κ1) is 16.3. The van der Waals surface area contributed by atoms with Crippen LogP contribution in [0.2, 0.25) is 0 Å². The highest BCUT2D eigenvalue weighted by Gasteiger charge is 2.20. The fraction of sp³-hybridized carbons (Fsp3) is 0.357. The zero-order valence-corrected chi connectivity index (χ0v) is 13.9. The molecule has 0 aliphatic heterocycles. The standard InChI is InChI=1S/C14H15BrN2O5/c1-14(2,3)9-6-12(22-17-9)16-11(18)7-20-13(19)8-4-5-10(15)21-8/h4-6H,7H2,1-3H3,(H,16,18). The van der Waals surface area contributed by atoms with Crippen molar-refractivity contribution in [3.8, 4) is 0 Å². The second-order valence-corrected chi connectivity index (χ2v) is 6.34. The van der Waals surface area contributed by atoms with Gasteiger partial charge in [0, 0.05) is 11.5 Å². The van der Waals surface area contributed by atoms with E-state index in [0.29, 0.717) is 10.4 Å². The molecule has 0 unspecified atom stereocenters. The Hall–Kier alpha value is -2.09. The fourth-order valence-electron chi connectivity index (χ4n) is 1.49. The zero-order chi connectivity index (χ0) is 16.3. The normalized spacial score (nSPS) is 11.3. The Morgan fingerprint density at radius 2 is 2.09 bits per heavy atom. The summed E-state index contributed by atoms with van der Waals surface area (Å²) in [5, 5.41) is 6.33. The topological polar surface area (TPSA) is 94.6 Å². The monoisotopic (exact) mass is 370 g/mol. The molecule has 7 nitrogen and oxygen atoms in total. The number of nitrogens with one attached hydrogen (secondary N) is 1. The van der Waals surface area contributed by atoms with Gasteiger partial charge in [-0.05, 0) is 28.1 Å². The lowest BCUT2D eigenvalue weighted by atomic mass is 9.92. The first-order valence-electron chi connectivity index (χ1n) is 6.45. The van der Waals surface area contributed by atoms with Crippen molar-refractivity contribution in [1.82, 2.24) is 5.16 Å². The minimum Gasteiger partial charge on any atom is -0.450 e. The van der Waals surface area contributed by atoms with Gasteiger partial charge in [-0.1, -0.05) is 25.9 Å². The van der Waals surface area contributed by atoms with Crippen LogP contribution in [0.25, 0.3) is 0 Å². The van der Waals surface area contributed by atoms with E-state index in [-0.39, 0.29) is 17.1 Å². The molecule has 0 saturated carbocycles. The van der Waals surface area contributed by atoms with E-state index in [0.717, 1.165) is 0 Å². The smallest absolute Gasteiger partial charge is 0.374 e. The van der Waals surface area contributed by atoms with Crippen molar-refractivity contribution in [2.24, 2.45) is 0 Å². The van der Waals surface area contributed by atoms with Crippen molar-refractivity contribution in [1.29, 1.82) is 0 Å². The van der Waals surface area contributed by atoms with Gasteiger partial charge < -0.3 is 13.7 Å². The number of furan rings is 1. The maximum absolute atomic E-state index is 11.7. The van der Waals surface area contributed by atoms with Gasteiger partial charge in [-0.2, -0.15) is 0 Å². The van der Waals surface area contributed by atoms with Gasteiger partial charge in [0.2, 0.25) is 11.6 Å². The van der Waals surface area contributed by atoms with Crippen LogP contribution in [0.15, 0.2) is 31.8 Å². The molecule has 0 aliphatic carbocycles. The number of hydrogen-bond donors (Lipinski definition) is 1. The van der Waals surface area contributed by atoms with Gasteiger partial charge >= 0.3 is 5.97 Å². The molecule has 0 saturated heterocycles. The number of ether oxygens (including phenoxy) is 1. The molecule has 118 valence electrons. The minimum atomic E-state index is -0.728. The maximum Gasteiger partial charge on any atom is 0.374 e. The summed E-state index contributed by atoms with van der Waals surface area (Å²) < 4.78 is 15.3. The maximum atomic E-state index is 11.7. The fourth-order valence-corrected chi connectivity index (χ4v) is 1.79. The van der Waals surface area contributed by atoms with Crippen molar-refractivity contribution in [2.75, 3.05) is 11.9 Å². The van der Waals surface area contributed by atoms with Crippen LogP contribution in [0.5, 0.6) is 0 Å². The van der Waals surface area contributed by atoms with E-state index in [1.54, 1.807) is 12.1 Å². The van der Waals surface area contributed by atoms with Gasteiger partial charge in [-0.15, -0.1) is 0 Å². The Kier molecular flexibility index (Phi) is 4.70. The molecule has 2 heterocycles. The summed E-state index contributed by atoms with van der Waals surface area (Å²) >= 11 is 3.07. The predicted octanol–water partition coefficient (Wildman–Crippen LogP) is 3.12. The molecule has 1 N–H and O–H groups in total. The van der Waals surface area contributed by atoms with Gasteiger partial charge in [-0.25, -0.2) is 4.79 Å². The van der Waals surface area contributed by atoms with Crippen molar-refractivity contribution >= 4 is 33.7 Å². The molecular weight excluding hydrogens is 356 g/mol. The number of carbonyl (C=O) groups excluding carboxylic acids is 2. The molecule has 2 aromatic rings. The van der Waals surface area contributed by atoms with Crippen LogP contribution < -0.4 is 5.32 Å². The summed E-state index contributed by atoms with van der Waals surface area (Å²) in [5.41, 5.74) is 0.520. The van der Waals surface area contributed by atoms with Crippen molar-refractivity contribution in [2.45, 2.75) is 26.2 Å². The summed E-state index contributed by atoms with van der Waals surface area (Å²) in [7, 11) is 0. The highest BCUT2D eigenvalue weighted by atomic mass is 79.9. The quantitative estimate of drug-likeness (QED) is 0.830.